The van der Waals surface area contributed by atoms with E-state index in [0.29, 0.717) is 55.3 Å². The molecular formula is C33H39N9O3. The maximum atomic E-state index is 12.1. The number of carbonyl (C=O) groups is 1. The topological polar surface area (TPSA) is 155 Å². The van der Waals surface area contributed by atoms with Crippen molar-refractivity contribution < 1.29 is 15.0 Å². The zero-order valence-corrected chi connectivity index (χ0v) is 25.4. The molecule has 0 aliphatic heterocycles. The van der Waals surface area contributed by atoms with E-state index in [1.165, 1.54) is 11.1 Å². The van der Waals surface area contributed by atoms with Gasteiger partial charge in [0.25, 0.3) is 0 Å². The number of imidazole rings is 2. The van der Waals surface area contributed by atoms with Crippen molar-refractivity contribution in [3.8, 4) is 0 Å². The third kappa shape index (κ3) is 6.66. The Balaban J connectivity index is 1.32. The molecule has 3 heterocycles. The second kappa shape index (κ2) is 13.4. The largest absolute Gasteiger partial charge is 0.388 e. The van der Waals surface area contributed by atoms with Gasteiger partial charge in [-0.15, -0.1) is 0 Å². The summed E-state index contributed by atoms with van der Waals surface area (Å²) in [5, 5.41) is 31.5. The highest BCUT2D eigenvalue weighted by molar-refractivity contribution is 5.84. The Kier molecular flexibility index (Phi) is 9.03. The van der Waals surface area contributed by atoms with Gasteiger partial charge in [-0.05, 0) is 17.5 Å². The van der Waals surface area contributed by atoms with Crippen LogP contribution in [0, 0.1) is 0 Å². The van der Waals surface area contributed by atoms with Gasteiger partial charge in [0.2, 0.25) is 11.9 Å². The first-order chi connectivity index (χ1) is 21.9. The van der Waals surface area contributed by atoms with Gasteiger partial charge in [-0.3, -0.25) is 4.79 Å². The van der Waals surface area contributed by atoms with Crippen molar-refractivity contribution in [3.63, 3.8) is 0 Å². The lowest BCUT2D eigenvalue weighted by molar-refractivity contribution is -0.122. The molecule has 1 aliphatic carbocycles. The van der Waals surface area contributed by atoms with Gasteiger partial charge in [-0.25, -0.2) is 9.97 Å². The monoisotopic (exact) mass is 609 g/mol. The Morgan fingerprint density at radius 3 is 2.31 bits per heavy atom. The van der Waals surface area contributed by atoms with E-state index in [2.05, 4.69) is 50.2 Å². The molecule has 1 fully saturated rings. The van der Waals surface area contributed by atoms with Crippen molar-refractivity contribution in [1.82, 2.24) is 34.4 Å². The summed E-state index contributed by atoms with van der Waals surface area (Å²) in [6.07, 6.45) is 4.44. The summed E-state index contributed by atoms with van der Waals surface area (Å²) < 4.78 is 3.69. The van der Waals surface area contributed by atoms with Crippen LogP contribution in [0.5, 0.6) is 0 Å². The molecule has 0 bridgehead atoms. The Morgan fingerprint density at radius 1 is 0.956 bits per heavy atom. The van der Waals surface area contributed by atoms with E-state index in [0.717, 1.165) is 5.69 Å². The van der Waals surface area contributed by atoms with Crippen molar-refractivity contribution in [3.05, 3.63) is 96.3 Å². The Bertz CT molecular complexity index is 1680. The smallest absolute Gasteiger partial charge is 0.226 e. The van der Waals surface area contributed by atoms with Crippen molar-refractivity contribution in [2.75, 3.05) is 23.7 Å². The summed E-state index contributed by atoms with van der Waals surface area (Å²) in [6.45, 7) is 2.86. The van der Waals surface area contributed by atoms with Crippen LogP contribution in [0.3, 0.4) is 0 Å². The molecule has 234 valence electrons. The van der Waals surface area contributed by atoms with Crippen LogP contribution in [0.25, 0.3) is 11.2 Å². The summed E-state index contributed by atoms with van der Waals surface area (Å²) in [6, 6.07) is 19.5. The number of aryl methyl sites for hydroxylation is 1. The van der Waals surface area contributed by atoms with E-state index in [1.807, 2.05) is 54.2 Å². The Morgan fingerprint density at radius 2 is 1.67 bits per heavy atom. The summed E-state index contributed by atoms with van der Waals surface area (Å²) in [7, 11) is 1.94. The van der Waals surface area contributed by atoms with Gasteiger partial charge in [0.05, 0.1) is 30.4 Å². The number of aliphatic hydroxyl groups excluding tert-OH is 2. The molecule has 1 amide bonds. The minimum atomic E-state index is -1.11. The molecule has 1 aliphatic rings. The van der Waals surface area contributed by atoms with Gasteiger partial charge in [-0.2, -0.15) is 9.97 Å². The van der Waals surface area contributed by atoms with Crippen molar-refractivity contribution >= 4 is 28.8 Å². The maximum absolute atomic E-state index is 12.1. The fraction of sp³-hybridized carbons (Fsp3) is 0.364. The number of aliphatic hydroxyl groups is 2. The minimum Gasteiger partial charge on any atom is -0.388 e. The van der Waals surface area contributed by atoms with Crippen LogP contribution >= 0.6 is 0 Å². The Labute approximate surface area is 261 Å². The molecular weight excluding hydrogens is 570 g/mol. The van der Waals surface area contributed by atoms with Gasteiger partial charge in [0.15, 0.2) is 17.0 Å². The lowest BCUT2D eigenvalue weighted by Gasteiger charge is -2.20. The van der Waals surface area contributed by atoms with Crippen LogP contribution < -0.4 is 16.0 Å². The van der Waals surface area contributed by atoms with E-state index in [4.69, 9.17) is 9.97 Å². The van der Waals surface area contributed by atoms with Crippen molar-refractivity contribution in [2.24, 2.45) is 7.05 Å². The van der Waals surface area contributed by atoms with E-state index in [9.17, 15) is 15.0 Å². The zero-order valence-electron chi connectivity index (χ0n) is 25.4. The molecule has 5 aromatic rings. The number of benzene rings is 2. The number of nitrogens with zero attached hydrogens (tertiary/aromatic N) is 6. The van der Waals surface area contributed by atoms with Gasteiger partial charge < -0.3 is 35.3 Å². The number of anilines is 2. The molecule has 4 atom stereocenters. The quantitative estimate of drug-likeness (QED) is 0.144. The molecule has 0 radical (unpaired) electrons. The van der Waals surface area contributed by atoms with Crippen LogP contribution in [0.15, 0.2) is 79.5 Å². The molecule has 3 aromatic heterocycles. The van der Waals surface area contributed by atoms with E-state index in [-0.39, 0.29) is 11.8 Å². The van der Waals surface area contributed by atoms with Crippen LogP contribution in [0.1, 0.15) is 48.5 Å². The first-order valence-corrected chi connectivity index (χ1v) is 15.4. The van der Waals surface area contributed by atoms with Crippen LogP contribution in [0.4, 0.5) is 11.8 Å². The molecule has 5 N–H and O–H groups in total. The zero-order chi connectivity index (χ0) is 31.3. The predicted octanol–water partition coefficient (Wildman–Crippen LogP) is 3.02. The molecule has 2 aromatic carbocycles. The highest BCUT2D eigenvalue weighted by Crippen LogP contribution is 2.35. The number of rotatable bonds is 12. The van der Waals surface area contributed by atoms with Crippen LogP contribution in [-0.2, 0) is 18.3 Å². The summed E-state index contributed by atoms with van der Waals surface area (Å²) in [5.41, 5.74) is 4.36. The molecule has 6 rings (SSSR count). The van der Waals surface area contributed by atoms with Crippen molar-refractivity contribution in [2.45, 2.75) is 56.4 Å². The molecule has 1 saturated carbocycles. The third-order valence-electron chi connectivity index (χ3n) is 8.40. The summed E-state index contributed by atoms with van der Waals surface area (Å²) in [5.74, 6) is 0.833. The van der Waals surface area contributed by atoms with Crippen LogP contribution in [0.2, 0.25) is 0 Å². The van der Waals surface area contributed by atoms with E-state index >= 15 is 0 Å². The second-order valence-corrected chi connectivity index (χ2v) is 11.5. The fourth-order valence-electron chi connectivity index (χ4n) is 5.99. The minimum absolute atomic E-state index is 0.0507. The lowest BCUT2D eigenvalue weighted by atomic mass is 9.91. The Hall–Kier alpha value is -4.81. The molecule has 45 heavy (non-hydrogen) atoms. The predicted molar refractivity (Wildman–Crippen MR) is 172 cm³/mol. The number of nitrogens with one attached hydrogen (secondary N) is 3. The average Bonchev–Trinajstić information content (AvgIpc) is 3.75. The number of hydrogen-bond acceptors (Lipinski definition) is 9. The first-order valence-electron chi connectivity index (χ1n) is 15.4. The fourth-order valence-corrected chi connectivity index (χ4v) is 5.99. The third-order valence-corrected chi connectivity index (χ3v) is 8.40. The molecule has 1 unspecified atom stereocenters. The number of hydrogen-bond donors (Lipinski definition) is 5. The number of carbonyl (C=O) groups excluding carboxylic acids is 1. The summed E-state index contributed by atoms with van der Waals surface area (Å²) >= 11 is 0. The van der Waals surface area contributed by atoms with Gasteiger partial charge in [0, 0.05) is 45.1 Å². The van der Waals surface area contributed by atoms with Gasteiger partial charge >= 0.3 is 0 Å². The second-order valence-electron chi connectivity index (χ2n) is 11.5. The molecule has 12 heteroatoms. The molecule has 0 saturated heterocycles. The van der Waals surface area contributed by atoms with Gasteiger partial charge in [-0.1, -0.05) is 67.6 Å². The van der Waals surface area contributed by atoms with E-state index in [1.54, 1.807) is 24.1 Å². The standard InChI is InChI=1S/C33H39N9O3/c1-3-27(43)38-25-16-26(30(45)29(25)44)42-20-37-28-31(39-33(40-32(28)42)34-15-14-23-18-41(2)19-36-23)35-17-24(21-10-6-4-7-11-21)22-12-8-5-9-13-22/h4-13,18-20,24-26,29-30,44-45H,3,14-17H2,1-2H3,(H,38,43)(H2,34,35,39,40)/t25-,26?,29+,30-/m0/s1. The normalized spacial score (nSPS) is 19.7. The SMILES string of the molecule is CCC(=O)N[C@H]1CC(n2cnc3c(NCC(c4ccccc4)c4ccccc4)nc(NCCc4cn(C)cn4)nc32)[C@H](O)[C@@H]1O. The highest BCUT2D eigenvalue weighted by atomic mass is 16.3. The molecule has 0 spiro atoms. The molecule has 12 nitrogen and oxygen atoms in total. The number of aromatic nitrogens is 6. The highest BCUT2D eigenvalue weighted by Gasteiger charge is 2.43. The average molecular weight is 610 g/mol. The first kappa shape index (κ1) is 30.2. The van der Waals surface area contributed by atoms with Crippen LogP contribution in [-0.4, -0.2) is 76.5 Å². The van der Waals surface area contributed by atoms with Crippen molar-refractivity contribution in [1.29, 1.82) is 0 Å². The maximum Gasteiger partial charge on any atom is 0.226 e. The van der Waals surface area contributed by atoms with E-state index < -0.39 is 24.3 Å². The lowest BCUT2D eigenvalue weighted by Crippen LogP contribution is -2.42. The number of fused-ring (bicyclic) bond motifs is 1. The number of amides is 1. The van der Waals surface area contributed by atoms with Gasteiger partial charge in [0.1, 0.15) is 12.2 Å². The summed E-state index contributed by atoms with van der Waals surface area (Å²) in [4.78, 5) is 30.8.